The van der Waals surface area contributed by atoms with Crippen LogP contribution in [0.5, 0.6) is 0 Å². The van der Waals surface area contributed by atoms with Crippen LogP contribution in [0.2, 0.25) is 10.0 Å². The number of nitrogens with one attached hydrogen (secondary N) is 1. The van der Waals surface area contributed by atoms with E-state index in [1.54, 1.807) is 6.07 Å². The topological polar surface area (TPSA) is 38.3 Å². The first-order valence-corrected chi connectivity index (χ1v) is 5.26. The number of halogens is 2. The zero-order chi connectivity index (χ0) is 10.8. The Hall–Kier alpha value is -0.770. The van der Waals surface area contributed by atoms with Crippen LogP contribution < -0.4 is 5.32 Å². The molecule has 3 nitrogen and oxygen atoms in total. The molecule has 0 aromatic heterocycles. The largest absolute Gasteiger partial charge is 0.362 e. The van der Waals surface area contributed by atoms with E-state index in [9.17, 15) is 4.79 Å². The Labute approximate surface area is 97.3 Å². The minimum absolute atomic E-state index is 0.0630. The Kier molecular flexibility index (Phi) is 3.14. The summed E-state index contributed by atoms with van der Waals surface area (Å²) in [5.74, 6) is -0.107. The van der Waals surface area contributed by atoms with Gasteiger partial charge in [0.05, 0.1) is 10.0 Å². The molecule has 80 valence electrons. The van der Waals surface area contributed by atoms with Crippen molar-refractivity contribution in [2.24, 2.45) is 0 Å². The first-order chi connectivity index (χ1) is 7.18. The van der Waals surface area contributed by atoms with Crippen molar-refractivity contribution in [1.82, 2.24) is 5.32 Å². The quantitative estimate of drug-likeness (QED) is 0.824. The smallest absolute Gasteiger partial charge is 0.246 e. The van der Waals surface area contributed by atoms with Gasteiger partial charge in [0.15, 0.2) is 0 Å². The number of amides is 1. The lowest BCUT2D eigenvalue weighted by molar-refractivity contribution is -0.133. The highest BCUT2D eigenvalue weighted by Crippen LogP contribution is 2.31. The van der Waals surface area contributed by atoms with Gasteiger partial charge < -0.3 is 10.1 Å². The minimum Gasteiger partial charge on any atom is -0.362 e. The molecule has 1 aromatic rings. The fourth-order valence-corrected chi connectivity index (χ4v) is 1.89. The van der Waals surface area contributed by atoms with E-state index >= 15 is 0 Å². The summed E-state index contributed by atoms with van der Waals surface area (Å²) in [5.41, 5.74) is 0.809. The van der Waals surface area contributed by atoms with Gasteiger partial charge in [0.2, 0.25) is 5.91 Å². The van der Waals surface area contributed by atoms with Gasteiger partial charge in [-0.15, -0.1) is 0 Å². The highest BCUT2D eigenvalue weighted by molar-refractivity contribution is 6.42. The molecule has 5 heteroatoms. The van der Waals surface area contributed by atoms with E-state index in [0.29, 0.717) is 16.6 Å². The molecule has 1 aromatic carbocycles. The first-order valence-electron chi connectivity index (χ1n) is 4.50. The third-order valence-electron chi connectivity index (χ3n) is 2.23. The monoisotopic (exact) mass is 245 g/mol. The summed E-state index contributed by atoms with van der Waals surface area (Å²) in [5, 5.41) is 3.69. The van der Waals surface area contributed by atoms with Gasteiger partial charge in [-0.05, 0) is 6.07 Å². The maximum atomic E-state index is 10.9. The van der Waals surface area contributed by atoms with Gasteiger partial charge in [-0.1, -0.05) is 35.3 Å². The standard InChI is InChI=1S/C10H9Cl2NO2/c11-7-3-1-2-6(10(7)12)8-4-13-9(14)5-15-8/h1-3,8H,4-5H2,(H,13,14)/t8-/m0/s1. The van der Waals surface area contributed by atoms with E-state index in [4.69, 9.17) is 27.9 Å². The van der Waals surface area contributed by atoms with Crippen LogP contribution in [0.15, 0.2) is 18.2 Å². The molecule has 0 bridgehead atoms. The van der Waals surface area contributed by atoms with E-state index in [2.05, 4.69) is 5.32 Å². The third-order valence-corrected chi connectivity index (χ3v) is 3.06. The van der Waals surface area contributed by atoms with E-state index in [0.717, 1.165) is 5.56 Å². The van der Waals surface area contributed by atoms with E-state index in [-0.39, 0.29) is 18.6 Å². The van der Waals surface area contributed by atoms with Crippen LogP contribution in [0.4, 0.5) is 0 Å². The van der Waals surface area contributed by atoms with E-state index in [1.165, 1.54) is 0 Å². The first kappa shape index (κ1) is 10.7. The molecule has 1 atom stereocenters. The maximum Gasteiger partial charge on any atom is 0.246 e. The molecule has 1 heterocycles. The number of ether oxygens (including phenoxy) is 1. The number of rotatable bonds is 1. The fraction of sp³-hybridized carbons (Fsp3) is 0.300. The summed E-state index contributed by atoms with van der Waals surface area (Å²) in [7, 11) is 0. The molecular formula is C10H9Cl2NO2. The molecule has 0 saturated carbocycles. The number of morpholine rings is 1. The van der Waals surface area contributed by atoms with Crippen LogP contribution in [0, 0.1) is 0 Å². The number of hydrogen-bond acceptors (Lipinski definition) is 2. The molecule has 1 aliphatic heterocycles. The SMILES string of the molecule is O=C1CO[C@H](c2cccc(Cl)c2Cl)CN1. The van der Waals surface area contributed by atoms with Gasteiger partial charge in [0.1, 0.15) is 12.7 Å². The average molecular weight is 246 g/mol. The molecule has 1 amide bonds. The van der Waals surface area contributed by atoms with Gasteiger partial charge >= 0.3 is 0 Å². The minimum atomic E-state index is -0.214. The van der Waals surface area contributed by atoms with Crippen LogP contribution in [-0.4, -0.2) is 19.1 Å². The van der Waals surface area contributed by atoms with Crippen molar-refractivity contribution >= 4 is 29.1 Å². The molecule has 0 unspecified atom stereocenters. The van der Waals surface area contributed by atoms with E-state index < -0.39 is 0 Å². The van der Waals surface area contributed by atoms with Crippen molar-refractivity contribution in [1.29, 1.82) is 0 Å². The molecule has 0 radical (unpaired) electrons. The predicted molar refractivity (Wildman–Crippen MR) is 58.2 cm³/mol. The Morgan fingerprint density at radius 3 is 2.87 bits per heavy atom. The van der Waals surface area contributed by atoms with Crippen LogP contribution >= 0.6 is 23.2 Å². The van der Waals surface area contributed by atoms with Crippen molar-refractivity contribution < 1.29 is 9.53 Å². The van der Waals surface area contributed by atoms with Gasteiger partial charge in [0.25, 0.3) is 0 Å². The van der Waals surface area contributed by atoms with Gasteiger partial charge in [-0.25, -0.2) is 0 Å². The lowest BCUT2D eigenvalue weighted by Crippen LogP contribution is -2.38. The zero-order valence-electron chi connectivity index (χ0n) is 7.80. The summed E-state index contributed by atoms with van der Waals surface area (Å²) in [6.07, 6.45) is -0.214. The molecule has 15 heavy (non-hydrogen) atoms. The van der Waals surface area contributed by atoms with E-state index in [1.807, 2.05) is 12.1 Å². The zero-order valence-corrected chi connectivity index (χ0v) is 9.31. The molecule has 1 N–H and O–H groups in total. The number of hydrogen-bond donors (Lipinski definition) is 1. The lowest BCUT2D eigenvalue weighted by atomic mass is 10.1. The number of carbonyl (C=O) groups is 1. The Balaban J connectivity index is 2.22. The van der Waals surface area contributed by atoms with Crippen molar-refractivity contribution in [3.05, 3.63) is 33.8 Å². The molecule has 1 saturated heterocycles. The molecule has 0 spiro atoms. The normalized spacial score (nSPS) is 21.2. The van der Waals surface area contributed by atoms with Gasteiger partial charge in [-0.2, -0.15) is 0 Å². The summed E-state index contributed by atoms with van der Waals surface area (Å²) in [6.45, 7) is 0.492. The molecular weight excluding hydrogens is 237 g/mol. The van der Waals surface area contributed by atoms with Gasteiger partial charge in [-0.3, -0.25) is 4.79 Å². The second-order valence-electron chi connectivity index (χ2n) is 3.25. The Morgan fingerprint density at radius 2 is 2.20 bits per heavy atom. The summed E-state index contributed by atoms with van der Waals surface area (Å²) < 4.78 is 5.36. The second kappa shape index (κ2) is 4.39. The maximum absolute atomic E-state index is 10.9. The highest BCUT2D eigenvalue weighted by atomic mass is 35.5. The number of benzene rings is 1. The van der Waals surface area contributed by atoms with Crippen LogP contribution in [-0.2, 0) is 9.53 Å². The molecule has 1 aliphatic rings. The summed E-state index contributed by atoms with van der Waals surface area (Å²) in [4.78, 5) is 10.9. The van der Waals surface area contributed by atoms with Gasteiger partial charge in [0, 0.05) is 12.1 Å². The summed E-state index contributed by atoms with van der Waals surface area (Å²) >= 11 is 11.9. The van der Waals surface area contributed by atoms with Crippen LogP contribution in [0.3, 0.4) is 0 Å². The highest BCUT2D eigenvalue weighted by Gasteiger charge is 2.22. The molecule has 0 aliphatic carbocycles. The van der Waals surface area contributed by atoms with Crippen LogP contribution in [0.1, 0.15) is 11.7 Å². The lowest BCUT2D eigenvalue weighted by Gasteiger charge is -2.24. The predicted octanol–water partition coefficient (Wildman–Crippen LogP) is 2.18. The molecule has 1 fully saturated rings. The van der Waals surface area contributed by atoms with Crippen molar-refractivity contribution in [2.45, 2.75) is 6.10 Å². The fourth-order valence-electron chi connectivity index (χ4n) is 1.46. The molecule has 2 rings (SSSR count). The number of carbonyl (C=O) groups excluding carboxylic acids is 1. The summed E-state index contributed by atoms with van der Waals surface area (Å²) in [6, 6.07) is 5.37. The average Bonchev–Trinajstić information content (AvgIpc) is 2.24. The third kappa shape index (κ3) is 2.25. The van der Waals surface area contributed by atoms with Crippen molar-refractivity contribution in [2.75, 3.05) is 13.2 Å². The van der Waals surface area contributed by atoms with Crippen molar-refractivity contribution in [3.63, 3.8) is 0 Å². The van der Waals surface area contributed by atoms with Crippen LogP contribution in [0.25, 0.3) is 0 Å². The Bertz CT molecular complexity index is 385. The second-order valence-corrected chi connectivity index (χ2v) is 4.03. The van der Waals surface area contributed by atoms with Crippen molar-refractivity contribution in [3.8, 4) is 0 Å². The Morgan fingerprint density at radius 1 is 1.40 bits per heavy atom.